The Morgan fingerprint density at radius 2 is 1.96 bits per heavy atom. The number of carbonyl (C=O) groups is 1. The molecule has 1 atom stereocenters. The van der Waals surface area contributed by atoms with Gasteiger partial charge in [-0.15, -0.1) is 0 Å². The predicted molar refractivity (Wildman–Crippen MR) is 97.4 cm³/mol. The summed E-state index contributed by atoms with van der Waals surface area (Å²) in [5.74, 6) is 0.238. The first-order chi connectivity index (χ1) is 12.9. The number of methoxy groups -OCH3 is 1. The summed E-state index contributed by atoms with van der Waals surface area (Å²) < 4.78 is 38.0. The first kappa shape index (κ1) is 19.2. The topological polar surface area (TPSA) is 98.7 Å². The SMILES string of the molecule is COc1nccc(OC2CCCN(S(=O)(=O)c3ccc(C(C)=O)cc3)C2)n1. The van der Waals surface area contributed by atoms with E-state index in [-0.39, 0.29) is 29.3 Å². The molecule has 0 bridgehead atoms. The molecule has 0 aliphatic carbocycles. The van der Waals surface area contributed by atoms with E-state index in [0.717, 1.165) is 6.42 Å². The van der Waals surface area contributed by atoms with Gasteiger partial charge in [0, 0.05) is 24.4 Å². The van der Waals surface area contributed by atoms with Crippen LogP contribution in [0.4, 0.5) is 0 Å². The second-order valence-corrected chi connectivity index (χ2v) is 8.15. The summed E-state index contributed by atoms with van der Waals surface area (Å²) in [6.07, 6.45) is 2.61. The second kappa shape index (κ2) is 8.01. The van der Waals surface area contributed by atoms with Gasteiger partial charge in [0.15, 0.2) is 5.78 Å². The van der Waals surface area contributed by atoms with Crippen molar-refractivity contribution < 1.29 is 22.7 Å². The molecule has 0 radical (unpaired) electrons. The average molecular weight is 391 g/mol. The fourth-order valence-electron chi connectivity index (χ4n) is 2.89. The van der Waals surface area contributed by atoms with Gasteiger partial charge in [-0.2, -0.15) is 9.29 Å². The Labute approximate surface area is 158 Å². The minimum absolute atomic E-state index is 0.106. The van der Waals surface area contributed by atoms with E-state index >= 15 is 0 Å². The molecule has 3 rings (SSSR count). The summed E-state index contributed by atoms with van der Waals surface area (Å²) in [5.41, 5.74) is 0.478. The van der Waals surface area contributed by atoms with Crippen LogP contribution in [-0.2, 0) is 10.0 Å². The summed E-state index contributed by atoms with van der Waals surface area (Å²) in [6.45, 7) is 2.09. The van der Waals surface area contributed by atoms with Crippen molar-refractivity contribution in [1.82, 2.24) is 14.3 Å². The molecule has 0 N–H and O–H groups in total. The predicted octanol–water partition coefficient (Wildman–Crippen LogP) is 1.92. The van der Waals surface area contributed by atoms with E-state index in [1.807, 2.05) is 0 Å². The first-order valence-electron chi connectivity index (χ1n) is 8.55. The molecule has 1 fully saturated rings. The van der Waals surface area contributed by atoms with Gasteiger partial charge in [-0.1, -0.05) is 12.1 Å². The third kappa shape index (κ3) is 4.42. The van der Waals surface area contributed by atoms with Crippen molar-refractivity contribution in [3.63, 3.8) is 0 Å². The Balaban J connectivity index is 1.73. The molecule has 1 saturated heterocycles. The maximum absolute atomic E-state index is 12.9. The van der Waals surface area contributed by atoms with Crippen molar-refractivity contribution in [2.45, 2.75) is 30.8 Å². The number of benzene rings is 1. The monoisotopic (exact) mass is 391 g/mol. The lowest BCUT2D eigenvalue weighted by Crippen LogP contribution is -2.44. The van der Waals surface area contributed by atoms with Crippen LogP contribution < -0.4 is 9.47 Å². The van der Waals surface area contributed by atoms with Crippen LogP contribution in [0.5, 0.6) is 11.9 Å². The average Bonchev–Trinajstić information content (AvgIpc) is 2.68. The number of hydrogen-bond donors (Lipinski definition) is 0. The molecule has 27 heavy (non-hydrogen) atoms. The quantitative estimate of drug-likeness (QED) is 0.694. The molecule has 1 aliphatic heterocycles. The molecule has 2 heterocycles. The smallest absolute Gasteiger partial charge is 0.319 e. The fourth-order valence-corrected chi connectivity index (χ4v) is 4.40. The standard InChI is InChI=1S/C18H21N3O5S/c1-13(22)14-5-7-16(8-6-14)27(23,24)21-11-3-4-15(12-21)26-17-9-10-19-18(20-17)25-2/h5-10,15H,3-4,11-12H2,1-2H3. The molecule has 8 nitrogen and oxygen atoms in total. The third-order valence-corrected chi connectivity index (χ3v) is 6.20. The van der Waals surface area contributed by atoms with E-state index in [4.69, 9.17) is 9.47 Å². The Morgan fingerprint density at radius 1 is 1.22 bits per heavy atom. The maximum atomic E-state index is 12.9. The normalized spacial score (nSPS) is 18.1. The number of hydrogen-bond acceptors (Lipinski definition) is 7. The number of carbonyl (C=O) groups excluding carboxylic acids is 1. The minimum Gasteiger partial charge on any atom is -0.473 e. The largest absolute Gasteiger partial charge is 0.473 e. The minimum atomic E-state index is -3.66. The number of piperidine rings is 1. The van der Waals surface area contributed by atoms with Crippen LogP contribution in [0.15, 0.2) is 41.4 Å². The highest BCUT2D eigenvalue weighted by molar-refractivity contribution is 7.89. The molecule has 1 aromatic heterocycles. The highest BCUT2D eigenvalue weighted by Crippen LogP contribution is 2.24. The Morgan fingerprint density at radius 3 is 2.63 bits per heavy atom. The number of nitrogens with zero attached hydrogens (tertiary/aromatic N) is 3. The van der Waals surface area contributed by atoms with E-state index in [1.165, 1.54) is 48.8 Å². The molecule has 9 heteroatoms. The van der Waals surface area contributed by atoms with E-state index in [0.29, 0.717) is 24.4 Å². The van der Waals surface area contributed by atoms with Crippen molar-refractivity contribution in [2.24, 2.45) is 0 Å². The molecule has 1 aromatic carbocycles. The fraction of sp³-hybridized carbons (Fsp3) is 0.389. The van der Waals surface area contributed by atoms with Crippen LogP contribution in [0, 0.1) is 0 Å². The summed E-state index contributed by atoms with van der Waals surface area (Å²) in [5, 5.41) is 0. The van der Waals surface area contributed by atoms with Crippen LogP contribution in [-0.4, -0.2) is 54.8 Å². The summed E-state index contributed by atoms with van der Waals surface area (Å²) in [4.78, 5) is 19.6. The molecular weight excluding hydrogens is 370 g/mol. The second-order valence-electron chi connectivity index (χ2n) is 6.21. The number of aromatic nitrogens is 2. The van der Waals surface area contributed by atoms with Gasteiger partial charge in [-0.3, -0.25) is 4.79 Å². The van der Waals surface area contributed by atoms with E-state index in [9.17, 15) is 13.2 Å². The van der Waals surface area contributed by atoms with Crippen LogP contribution in [0.2, 0.25) is 0 Å². The highest BCUT2D eigenvalue weighted by atomic mass is 32.2. The molecular formula is C18H21N3O5S. The van der Waals surface area contributed by atoms with E-state index in [1.54, 1.807) is 6.07 Å². The molecule has 1 unspecified atom stereocenters. The van der Waals surface area contributed by atoms with Crippen LogP contribution in [0.25, 0.3) is 0 Å². The van der Waals surface area contributed by atoms with Crippen molar-refractivity contribution in [2.75, 3.05) is 20.2 Å². The zero-order chi connectivity index (χ0) is 19.4. The van der Waals surface area contributed by atoms with Gasteiger partial charge in [0.1, 0.15) is 6.10 Å². The van der Waals surface area contributed by atoms with E-state index < -0.39 is 10.0 Å². The Hall–Kier alpha value is -2.52. The van der Waals surface area contributed by atoms with Crippen LogP contribution in [0.1, 0.15) is 30.1 Å². The van der Waals surface area contributed by atoms with Crippen molar-refractivity contribution in [3.8, 4) is 11.9 Å². The number of ether oxygens (including phenoxy) is 2. The van der Waals surface area contributed by atoms with Crippen LogP contribution >= 0.6 is 0 Å². The van der Waals surface area contributed by atoms with Crippen LogP contribution in [0.3, 0.4) is 0 Å². The number of ketones is 1. The third-order valence-electron chi connectivity index (χ3n) is 4.32. The molecule has 2 aromatic rings. The lowest BCUT2D eigenvalue weighted by Gasteiger charge is -2.31. The number of rotatable bonds is 6. The van der Waals surface area contributed by atoms with Gasteiger partial charge in [0.05, 0.1) is 18.6 Å². The van der Waals surface area contributed by atoms with Gasteiger partial charge in [-0.05, 0) is 31.9 Å². The summed E-state index contributed by atoms with van der Waals surface area (Å²) >= 11 is 0. The lowest BCUT2D eigenvalue weighted by atomic mass is 10.1. The number of sulfonamides is 1. The number of Topliss-reactive ketones (excluding diaryl/α,β-unsaturated/α-hetero) is 1. The summed E-state index contributed by atoms with van der Waals surface area (Å²) in [7, 11) is -2.19. The van der Waals surface area contributed by atoms with E-state index in [2.05, 4.69) is 9.97 Å². The van der Waals surface area contributed by atoms with Crippen molar-refractivity contribution >= 4 is 15.8 Å². The van der Waals surface area contributed by atoms with Crippen molar-refractivity contribution in [1.29, 1.82) is 0 Å². The van der Waals surface area contributed by atoms with Gasteiger partial charge >= 0.3 is 6.01 Å². The van der Waals surface area contributed by atoms with Gasteiger partial charge < -0.3 is 9.47 Å². The van der Waals surface area contributed by atoms with Gasteiger partial charge in [0.2, 0.25) is 15.9 Å². The lowest BCUT2D eigenvalue weighted by molar-refractivity contribution is 0.101. The molecule has 0 saturated carbocycles. The maximum Gasteiger partial charge on any atom is 0.319 e. The molecule has 0 spiro atoms. The molecule has 144 valence electrons. The van der Waals surface area contributed by atoms with Gasteiger partial charge in [0.25, 0.3) is 0 Å². The first-order valence-corrected chi connectivity index (χ1v) is 9.99. The molecule has 1 aliphatic rings. The Bertz CT molecular complexity index is 915. The Kier molecular flexibility index (Phi) is 5.71. The zero-order valence-corrected chi connectivity index (χ0v) is 16.0. The van der Waals surface area contributed by atoms with Gasteiger partial charge in [-0.25, -0.2) is 13.4 Å². The summed E-state index contributed by atoms with van der Waals surface area (Å²) in [6, 6.07) is 7.78. The highest BCUT2D eigenvalue weighted by Gasteiger charge is 2.31. The zero-order valence-electron chi connectivity index (χ0n) is 15.2. The van der Waals surface area contributed by atoms with Crippen molar-refractivity contribution in [3.05, 3.63) is 42.1 Å². The molecule has 0 amide bonds.